The highest BCUT2D eigenvalue weighted by Gasteiger charge is 2.07. The van der Waals surface area contributed by atoms with Crippen LogP contribution in [0.2, 0.25) is 10.0 Å². The number of hydrogen-bond acceptors (Lipinski definition) is 3. The maximum Gasteiger partial charge on any atom is 0.185 e. The summed E-state index contributed by atoms with van der Waals surface area (Å²) < 4.78 is 4.97. The van der Waals surface area contributed by atoms with Gasteiger partial charge in [-0.25, -0.2) is 0 Å². The molecule has 0 spiro atoms. The summed E-state index contributed by atoms with van der Waals surface area (Å²) in [5.41, 5.74) is 1.10. The summed E-state index contributed by atoms with van der Waals surface area (Å²) in [6.45, 7) is 0. The van der Waals surface area contributed by atoms with Crippen LogP contribution in [-0.2, 0) is 0 Å². The number of halogens is 2. The first-order valence-corrected chi connectivity index (χ1v) is 6.81. The highest BCUT2D eigenvalue weighted by atomic mass is 35.5. The summed E-state index contributed by atoms with van der Waals surface area (Å²) in [5.74, 6) is 0.0110. The van der Waals surface area contributed by atoms with E-state index in [1.54, 1.807) is 24.3 Å². The monoisotopic (exact) mass is 322 g/mol. The molecule has 0 aliphatic carbocycles. The van der Waals surface area contributed by atoms with E-state index >= 15 is 0 Å². The molecule has 5 heteroatoms. The number of rotatable bonds is 4. The maximum atomic E-state index is 12.1. The van der Waals surface area contributed by atoms with E-state index in [0.29, 0.717) is 21.2 Å². The third kappa shape index (κ3) is 3.78. The highest BCUT2D eigenvalue weighted by molar-refractivity contribution is 6.35. The third-order valence-corrected chi connectivity index (χ3v) is 3.40. The van der Waals surface area contributed by atoms with E-state index in [0.717, 1.165) is 0 Å². The molecule has 0 saturated heterocycles. The molecule has 0 saturated carbocycles. The van der Waals surface area contributed by atoms with Gasteiger partial charge in [-0.15, -0.1) is 0 Å². The summed E-state index contributed by atoms with van der Waals surface area (Å²) in [5, 5.41) is 10.5. The van der Waals surface area contributed by atoms with Crippen molar-refractivity contribution in [2.45, 2.75) is 0 Å². The summed E-state index contributed by atoms with van der Waals surface area (Å²) in [4.78, 5) is 12.1. The number of phenols is 1. The number of ether oxygens (including phenoxy) is 1. The standard InChI is InChI=1S/C16H12Cl2O3/c1-21-16-8-11(4-7-15(16)20)14(19)6-3-10-2-5-12(17)9-13(10)18/h2-9,20H,1H3/b6-3+. The average Bonchev–Trinajstić information content (AvgIpc) is 2.46. The average molecular weight is 323 g/mol. The quantitative estimate of drug-likeness (QED) is 0.660. The number of methoxy groups -OCH3 is 1. The molecule has 0 bridgehead atoms. The van der Waals surface area contributed by atoms with Crippen molar-refractivity contribution >= 4 is 35.1 Å². The SMILES string of the molecule is COc1cc(C(=O)/C=C/c2ccc(Cl)cc2Cl)ccc1O. The largest absolute Gasteiger partial charge is 0.504 e. The zero-order chi connectivity index (χ0) is 15.4. The van der Waals surface area contributed by atoms with Crippen molar-refractivity contribution in [2.75, 3.05) is 7.11 Å². The fourth-order valence-corrected chi connectivity index (χ4v) is 2.20. The summed E-state index contributed by atoms with van der Waals surface area (Å²) in [6.07, 6.45) is 3.02. The molecule has 2 aromatic rings. The fraction of sp³-hybridized carbons (Fsp3) is 0.0625. The molecule has 0 unspecified atom stereocenters. The Labute approximate surface area is 132 Å². The van der Waals surface area contributed by atoms with E-state index in [4.69, 9.17) is 27.9 Å². The summed E-state index contributed by atoms with van der Waals surface area (Å²) in [7, 11) is 1.42. The van der Waals surface area contributed by atoms with E-state index in [1.165, 1.54) is 31.4 Å². The second kappa shape index (κ2) is 6.66. The number of ketones is 1. The van der Waals surface area contributed by atoms with Gasteiger partial charge in [-0.3, -0.25) is 4.79 Å². The minimum absolute atomic E-state index is 0.0150. The Kier molecular flexibility index (Phi) is 4.89. The molecule has 0 aliphatic heterocycles. The van der Waals surface area contributed by atoms with E-state index in [-0.39, 0.29) is 17.3 Å². The normalized spacial score (nSPS) is 10.8. The Bertz CT molecular complexity index is 709. The van der Waals surface area contributed by atoms with Crippen LogP contribution in [0, 0.1) is 0 Å². The Morgan fingerprint density at radius 2 is 1.95 bits per heavy atom. The van der Waals surface area contributed by atoms with Crippen LogP contribution in [0.25, 0.3) is 6.08 Å². The number of carbonyl (C=O) groups excluding carboxylic acids is 1. The minimum Gasteiger partial charge on any atom is -0.504 e. The van der Waals surface area contributed by atoms with Crippen molar-refractivity contribution in [1.82, 2.24) is 0 Å². The lowest BCUT2D eigenvalue weighted by Gasteiger charge is -2.04. The molecule has 21 heavy (non-hydrogen) atoms. The molecule has 0 aliphatic rings. The van der Waals surface area contributed by atoms with E-state index in [9.17, 15) is 9.90 Å². The van der Waals surface area contributed by atoms with E-state index in [2.05, 4.69) is 0 Å². The molecule has 2 rings (SSSR count). The van der Waals surface area contributed by atoms with Crippen molar-refractivity contribution in [3.8, 4) is 11.5 Å². The van der Waals surface area contributed by atoms with Gasteiger partial charge in [-0.2, -0.15) is 0 Å². The van der Waals surface area contributed by atoms with Gasteiger partial charge in [0.05, 0.1) is 7.11 Å². The van der Waals surface area contributed by atoms with Gasteiger partial charge in [0.25, 0.3) is 0 Å². The number of aromatic hydroxyl groups is 1. The Morgan fingerprint density at radius 3 is 2.62 bits per heavy atom. The van der Waals surface area contributed by atoms with Crippen LogP contribution < -0.4 is 4.74 Å². The Balaban J connectivity index is 2.23. The minimum atomic E-state index is -0.223. The fourth-order valence-electron chi connectivity index (χ4n) is 1.73. The van der Waals surface area contributed by atoms with Crippen LogP contribution in [-0.4, -0.2) is 18.0 Å². The Morgan fingerprint density at radius 1 is 1.19 bits per heavy atom. The molecule has 108 valence electrons. The maximum absolute atomic E-state index is 12.1. The number of benzene rings is 2. The lowest BCUT2D eigenvalue weighted by Crippen LogP contribution is -1.95. The van der Waals surface area contributed by atoms with Gasteiger partial charge in [0, 0.05) is 15.6 Å². The van der Waals surface area contributed by atoms with Gasteiger partial charge < -0.3 is 9.84 Å². The van der Waals surface area contributed by atoms with Gasteiger partial charge in [0.15, 0.2) is 17.3 Å². The first kappa shape index (κ1) is 15.4. The van der Waals surface area contributed by atoms with Crippen molar-refractivity contribution < 1.29 is 14.6 Å². The molecule has 1 N–H and O–H groups in total. The summed E-state index contributed by atoms with van der Waals surface area (Å²) in [6, 6.07) is 9.44. The van der Waals surface area contributed by atoms with Gasteiger partial charge in [-0.05, 0) is 48.0 Å². The van der Waals surface area contributed by atoms with Gasteiger partial charge >= 0.3 is 0 Å². The first-order valence-electron chi connectivity index (χ1n) is 6.05. The molecular weight excluding hydrogens is 311 g/mol. The second-order valence-electron chi connectivity index (χ2n) is 4.25. The zero-order valence-corrected chi connectivity index (χ0v) is 12.7. The second-order valence-corrected chi connectivity index (χ2v) is 5.09. The molecule has 0 heterocycles. The third-order valence-electron chi connectivity index (χ3n) is 2.84. The van der Waals surface area contributed by atoms with Gasteiger partial charge in [0.1, 0.15) is 0 Å². The predicted octanol–water partition coefficient (Wildman–Crippen LogP) is 4.60. The molecule has 0 fully saturated rings. The predicted molar refractivity (Wildman–Crippen MR) is 84.5 cm³/mol. The van der Waals surface area contributed by atoms with Crippen LogP contribution in [0.3, 0.4) is 0 Å². The van der Waals surface area contributed by atoms with Crippen LogP contribution in [0.15, 0.2) is 42.5 Å². The number of carbonyl (C=O) groups is 1. The molecule has 0 radical (unpaired) electrons. The molecule has 2 aromatic carbocycles. The first-order chi connectivity index (χ1) is 10.0. The molecule has 0 atom stereocenters. The van der Waals surface area contributed by atoms with Crippen LogP contribution in [0.4, 0.5) is 0 Å². The van der Waals surface area contributed by atoms with Gasteiger partial charge in [0.2, 0.25) is 0 Å². The van der Waals surface area contributed by atoms with Crippen molar-refractivity contribution in [2.24, 2.45) is 0 Å². The van der Waals surface area contributed by atoms with Crippen LogP contribution in [0.1, 0.15) is 15.9 Å². The van der Waals surface area contributed by atoms with Crippen molar-refractivity contribution in [3.05, 3.63) is 63.6 Å². The molecular formula is C16H12Cl2O3. The lowest BCUT2D eigenvalue weighted by atomic mass is 10.1. The van der Waals surface area contributed by atoms with Crippen LogP contribution in [0.5, 0.6) is 11.5 Å². The van der Waals surface area contributed by atoms with Crippen molar-refractivity contribution in [1.29, 1.82) is 0 Å². The Hall–Kier alpha value is -1.97. The number of hydrogen-bond donors (Lipinski definition) is 1. The summed E-state index contributed by atoms with van der Waals surface area (Å²) >= 11 is 11.8. The van der Waals surface area contributed by atoms with E-state index in [1.807, 2.05) is 0 Å². The smallest absolute Gasteiger partial charge is 0.185 e. The molecule has 0 aromatic heterocycles. The number of allylic oxidation sites excluding steroid dienone is 1. The van der Waals surface area contributed by atoms with Crippen LogP contribution >= 0.6 is 23.2 Å². The molecule has 0 amide bonds. The highest BCUT2D eigenvalue weighted by Crippen LogP contribution is 2.27. The molecule has 3 nitrogen and oxygen atoms in total. The van der Waals surface area contributed by atoms with Gasteiger partial charge in [-0.1, -0.05) is 29.3 Å². The zero-order valence-electron chi connectivity index (χ0n) is 11.1. The van der Waals surface area contributed by atoms with Crippen molar-refractivity contribution in [3.63, 3.8) is 0 Å². The topological polar surface area (TPSA) is 46.5 Å². The number of phenolic OH excluding ortho intramolecular Hbond substituents is 1. The lowest BCUT2D eigenvalue weighted by molar-refractivity contribution is 0.104. The van der Waals surface area contributed by atoms with E-state index < -0.39 is 0 Å².